The van der Waals surface area contributed by atoms with Crippen LogP contribution in [0.25, 0.3) is 0 Å². The summed E-state index contributed by atoms with van der Waals surface area (Å²) in [5.74, 6) is -1.37. The molecule has 1 aromatic rings. The molecule has 1 spiro atoms. The Balaban J connectivity index is 1.62. The van der Waals surface area contributed by atoms with Gasteiger partial charge in [-0.2, -0.15) is 0 Å². The summed E-state index contributed by atoms with van der Waals surface area (Å²) in [4.78, 5) is 27.7. The number of amides is 1. The number of fused-ring (bicyclic) bond motifs is 1. The number of carbonyl (C=O) groups excluding carboxylic acids is 2. The SMILES string of the molecule is CCCCOC(=O)[C@H]1[C@H]2C=C[C@@]3(CN(c4ccccc4CC)C(=O)[C@@H]13)O2. The van der Waals surface area contributed by atoms with Crippen LogP contribution in [-0.2, 0) is 25.5 Å². The minimum absolute atomic E-state index is 0.0322. The molecule has 0 aromatic heterocycles. The molecular formula is C21H25NO4. The summed E-state index contributed by atoms with van der Waals surface area (Å²) in [6.07, 6.45) is 6.20. The largest absolute Gasteiger partial charge is 0.465 e. The minimum atomic E-state index is -0.697. The van der Waals surface area contributed by atoms with Crippen molar-refractivity contribution in [2.75, 3.05) is 18.1 Å². The summed E-state index contributed by atoms with van der Waals surface area (Å²) >= 11 is 0. The molecule has 26 heavy (non-hydrogen) atoms. The summed E-state index contributed by atoms with van der Waals surface area (Å²) < 4.78 is 11.6. The van der Waals surface area contributed by atoms with Gasteiger partial charge in [-0.1, -0.05) is 50.6 Å². The maximum Gasteiger partial charge on any atom is 0.312 e. The molecule has 3 heterocycles. The number of hydrogen-bond acceptors (Lipinski definition) is 4. The van der Waals surface area contributed by atoms with Gasteiger partial charge in [-0.05, 0) is 24.5 Å². The third kappa shape index (κ3) is 2.49. The molecule has 3 aliphatic heterocycles. The molecule has 1 aromatic carbocycles. The van der Waals surface area contributed by atoms with Crippen molar-refractivity contribution in [2.24, 2.45) is 11.8 Å². The molecule has 0 saturated carbocycles. The number of unbranched alkanes of at least 4 members (excludes halogenated alkanes) is 1. The van der Waals surface area contributed by atoms with E-state index in [-0.39, 0.29) is 18.0 Å². The maximum absolute atomic E-state index is 13.3. The van der Waals surface area contributed by atoms with Gasteiger partial charge in [0.2, 0.25) is 5.91 Å². The van der Waals surface area contributed by atoms with Crippen molar-refractivity contribution in [2.45, 2.75) is 44.8 Å². The van der Waals surface area contributed by atoms with E-state index in [1.807, 2.05) is 36.4 Å². The Bertz CT molecular complexity index is 758. The van der Waals surface area contributed by atoms with Crippen LogP contribution in [0, 0.1) is 11.8 Å². The first kappa shape index (κ1) is 17.3. The number of nitrogens with zero attached hydrogens (tertiary/aromatic N) is 1. The zero-order valence-electron chi connectivity index (χ0n) is 15.3. The highest BCUT2D eigenvalue weighted by Crippen LogP contribution is 2.53. The molecule has 0 aliphatic carbocycles. The van der Waals surface area contributed by atoms with Crippen molar-refractivity contribution in [1.82, 2.24) is 0 Å². The van der Waals surface area contributed by atoms with E-state index in [0.717, 1.165) is 30.5 Å². The van der Waals surface area contributed by atoms with Gasteiger partial charge in [0.1, 0.15) is 11.5 Å². The van der Waals surface area contributed by atoms with Gasteiger partial charge in [-0.3, -0.25) is 9.59 Å². The average molecular weight is 355 g/mol. The summed E-state index contributed by atoms with van der Waals surface area (Å²) in [6, 6.07) is 7.94. The van der Waals surface area contributed by atoms with E-state index < -0.39 is 17.4 Å². The average Bonchev–Trinajstić information content (AvgIpc) is 3.30. The van der Waals surface area contributed by atoms with E-state index in [2.05, 4.69) is 13.8 Å². The highest BCUT2D eigenvalue weighted by molar-refractivity contribution is 6.03. The van der Waals surface area contributed by atoms with Gasteiger partial charge in [0.15, 0.2) is 0 Å². The smallest absolute Gasteiger partial charge is 0.312 e. The lowest BCUT2D eigenvalue weighted by Gasteiger charge is -2.23. The van der Waals surface area contributed by atoms with Crippen LogP contribution in [0.3, 0.4) is 0 Å². The van der Waals surface area contributed by atoms with Crippen LogP contribution in [0.4, 0.5) is 5.69 Å². The zero-order chi connectivity index (χ0) is 18.3. The summed E-state index contributed by atoms with van der Waals surface area (Å²) in [6.45, 7) is 4.99. The molecule has 1 amide bonds. The first-order valence-electron chi connectivity index (χ1n) is 9.54. The monoisotopic (exact) mass is 355 g/mol. The lowest BCUT2D eigenvalue weighted by Crippen LogP contribution is -2.40. The third-order valence-corrected chi connectivity index (χ3v) is 5.78. The standard InChI is InChI=1S/C21H25NO4/c1-3-5-12-25-20(24)17-16-10-11-21(26-16)13-22(19(23)18(17)21)15-9-7-6-8-14(15)4-2/h6-11,16-18H,3-5,12-13H2,1-2H3/t16-,17+,18-,21+/m1/s1. The van der Waals surface area contributed by atoms with Crippen LogP contribution in [-0.4, -0.2) is 36.7 Å². The van der Waals surface area contributed by atoms with Crippen LogP contribution >= 0.6 is 0 Å². The second-order valence-electron chi connectivity index (χ2n) is 7.33. The normalized spacial score (nSPS) is 31.5. The fourth-order valence-corrected chi connectivity index (χ4v) is 4.46. The first-order chi connectivity index (χ1) is 12.6. The molecular weight excluding hydrogens is 330 g/mol. The Morgan fingerprint density at radius 3 is 2.92 bits per heavy atom. The molecule has 5 heteroatoms. The molecule has 3 aliphatic rings. The summed E-state index contributed by atoms with van der Waals surface area (Å²) in [5.41, 5.74) is 1.34. The molecule has 0 radical (unpaired) electrons. The van der Waals surface area contributed by atoms with Crippen LogP contribution in [0.5, 0.6) is 0 Å². The second kappa shape index (κ2) is 6.54. The highest BCUT2D eigenvalue weighted by Gasteiger charge is 2.67. The molecule has 2 fully saturated rings. The van der Waals surface area contributed by atoms with Gasteiger partial charge in [0.05, 0.1) is 25.2 Å². The number of carbonyl (C=O) groups is 2. The van der Waals surface area contributed by atoms with E-state index >= 15 is 0 Å². The first-order valence-corrected chi connectivity index (χ1v) is 9.54. The van der Waals surface area contributed by atoms with Crippen LogP contribution in [0.15, 0.2) is 36.4 Å². The minimum Gasteiger partial charge on any atom is -0.465 e. The number of anilines is 1. The lowest BCUT2D eigenvalue weighted by atomic mass is 9.77. The van der Waals surface area contributed by atoms with Crippen LogP contribution in [0.1, 0.15) is 32.3 Å². The van der Waals surface area contributed by atoms with Gasteiger partial charge in [0.25, 0.3) is 0 Å². The van der Waals surface area contributed by atoms with Crippen LogP contribution in [0.2, 0.25) is 0 Å². The molecule has 0 unspecified atom stereocenters. The topological polar surface area (TPSA) is 55.8 Å². The molecule has 4 atom stereocenters. The van der Waals surface area contributed by atoms with Gasteiger partial charge in [-0.15, -0.1) is 0 Å². The maximum atomic E-state index is 13.3. The lowest BCUT2D eigenvalue weighted by molar-refractivity contribution is -0.152. The Labute approximate surface area is 154 Å². The number of para-hydroxylation sites is 1. The van der Waals surface area contributed by atoms with E-state index in [0.29, 0.717) is 13.2 Å². The van der Waals surface area contributed by atoms with Gasteiger partial charge in [0, 0.05) is 5.69 Å². The molecule has 5 nitrogen and oxygen atoms in total. The van der Waals surface area contributed by atoms with Crippen molar-refractivity contribution in [3.05, 3.63) is 42.0 Å². The Morgan fingerprint density at radius 2 is 2.15 bits per heavy atom. The van der Waals surface area contributed by atoms with Crippen molar-refractivity contribution < 1.29 is 19.1 Å². The van der Waals surface area contributed by atoms with Crippen molar-refractivity contribution >= 4 is 17.6 Å². The number of rotatable bonds is 6. The van der Waals surface area contributed by atoms with E-state index in [4.69, 9.17) is 9.47 Å². The van der Waals surface area contributed by atoms with Crippen molar-refractivity contribution in [3.63, 3.8) is 0 Å². The van der Waals surface area contributed by atoms with Gasteiger partial charge in [-0.25, -0.2) is 0 Å². The predicted molar refractivity (Wildman–Crippen MR) is 97.8 cm³/mol. The quantitative estimate of drug-likeness (QED) is 0.447. The van der Waals surface area contributed by atoms with Crippen LogP contribution < -0.4 is 4.90 Å². The molecule has 138 valence electrons. The number of aryl methyl sites for hydroxylation is 1. The molecule has 0 N–H and O–H groups in total. The Morgan fingerprint density at radius 1 is 1.35 bits per heavy atom. The van der Waals surface area contributed by atoms with Gasteiger partial charge >= 0.3 is 5.97 Å². The fourth-order valence-electron chi connectivity index (χ4n) is 4.46. The molecule has 2 bridgehead atoms. The van der Waals surface area contributed by atoms with Crippen molar-refractivity contribution in [3.8, 4) is 0 Å². The molecule has 2 saturated heterocycles. The van der Waals surface area contributed by atoms with E-state index in [1.54, 1.807) is 4.90 Å². The van der Waals surface area contributed by atoms with Crippen molar-refractivity contribution in [1.29, 1.82) is 0 Å². The van der Waals surface area contributed by atoms with E-state index in [9.17, 15) is 9.59 Å². The Hall–Kier alpha value is -2.14. The number of benzene rings is 1. The zero-order valence-corrected chi connectivity index (χ0v) is 15.3. The van der Waals surface area contributed by atoms with E-state index in [1.165, 1.54) is 0 Å². The Kier molecular flexibility index (Phi) is 4.35. The summed E-state index contributed by atoms with van der Waals surface area (Å²) in [5, 5.41) is 0. The number of esters is 1. The fraction of sp³-hybridized carbons (Fsp3) is 0.524. The van der Waals surface area contributed by atoms with Gasteiger partial charge < -0.3 is 14.4 Å². The summed E-state index contributed by atoms with van der Waals surface area (Å²) in [7, 11) is 0. The predicted octanol–water partition coefficient (Wildman–Crippen LogP) is 2.88. The second-order valence-corrected chi connectivity index (χ2v) is 7.33. The molecule has 4 rings (SSSR count). The highest BCUT2D eigenvalue weighted by atomic mass is 16.6. The number of hydrogen-bond donors (Lipinski definition) is 0. The third-order valence-electron chi connectivity index (χ3n) is 5.78. The number of ether oxygens (including phenoxy) is 2.